The molecule has 1 rings (SSSR count). The normalized spacial score (nSPS) is 9.75. The molecular weight excluding hydrogens is 100 g/mol. The van der Waals surface area contributed by atoms with Crippen LogP contribution in [0.25, 0.3) is 0 Å². The molecule has 0 bridgehead atoms. The summed E-state index contributed by atoms with van der Waals surface area (Å²) in [4.78, 5) is 3.96. The molecule has 0 aliphatic rings. The summed E-state index contributed by atoms with van der Waals surface area (Å²) in [5.74, 6) is 0. The molecule has 1 heterocycles. The van der Waals surface area contributed by atoms with Crippen LogP contribution >= 0.6 is 0 Å². The van der Waals surface area contributed by atoms with Crippen molar-refractivity contribution in [2.45, 2.75) is 13.3 Å². The molecule has 0 saturated carbocycles. The maximum atomic E-state index is 3.96. The molecule has 0 radical (unpaired) electrons. The van der Waals surface area contributed by atoms with Gasteiger partial charge in [-0.2, -0.15) is 0 Å². The molecule has 0 aromatic carbocycles. The van der Waals surface area contributed by atoms with Crippen molar-refractivity contribution in [3.63, 3.8) is 0 Å². The van der Waals surface area contributed by atoms with Gasteiger partial charge in [0.05, 0.1) is 6.33 Å². The van der Waals surface area contributed by atoms with Gasteiger partial charge in [0, 0.05) is 20.4 Å². The number of rotatable bonds is 1. The van der Waals surface area contributed by atoms with Crippen LogP contribution in [0, 0.1) is 0 Å². The van der Waals surface area contributed by atoms with E-state index < -0.39 is 0 Å². The van der Waals surface area contributed by atoms with Crippen LogP contribution < -0.4 is 0 Å². The molecule has 0 aliphatic carbocycles. The van der Waals surface area contributed by atoms with Crippen LogP contribution in [0.3, 0.4) is 0 Å². The number of aryl methyl sites for hydroxylation is 2. The van der Waals surface area contributed by atoms with E-state index in [1.165, 1.54) is 5.69 Å². The second-order valence-electron chi connectivity index (χ2n) is 1.85. The average molecular weight is 112 g/mol. The molecule has 2 nitrogen and oxygen atoms in total. The van der Waals surface area contributed by atoms with Crippen molar-refractivity contribution in [1.82, 2.24) is 9.55 Å². The molecule has 1 aromatic heterocycles. The topological polar surface area (TPSA) is 17.8 Å². The van der Waals surface area contributed by atoms with Gasteiger partial charge in [0.1, 0.15) is 0 Å². The fourth-order valence-electron chi connectivity index (χ4n) is 0.725. The summed E-state index contributed by atoms with van der Waals surface area (Å²) in [7, 11) is 2.01. The standard InChI is InChI=1S/C6H10N2.H2/c1-3-6-4-7-5-8(6)2;/h4-5H,3H2,1-2H3;1H. The van der Waals surface area contributed by atoms with E-state index in [0.29, 0.717) is 0 Å². The predicted molar refractivity (Wildman–Crippen MR) is 34.7 cm³/mol. The van der Waals surface area contributed by atoms with Gasteiger partial charge < -0.3 is 4.57 Å². The lowest BCUT2D eigenvalue weighted by molar-refractivity contribution is 0.833. The van der Waals surface area contributed by atoms with Crippen molar-refractivity contribution in [3.8, 4) is 0 Å². The van der Waals surface area contributed by atoms with Crippen molar-refractivity contribution in [2.24, 2.45) is 7.05 Å². The molecule has 0 N–H and O–H groups in total. The van der Waals surface area contributed by atoms with Gasteiger partial charge in [-0.1, -0.05) is 6.92 Å². The van der Waals surface area contributed by atoms with E-state index in [1.54, 1.807) is 0 Å². The summed E-state index contributed by atoms with van der Waals surface area (Å²) >= 11 is 0. The van der Waals surface area contributed by atoms with Gasteiger partial charge in [-0.15, -0.1) is 0 Å². The van der Waals surface area contributed by atoms with Crippen LogP contribution in [0.4, 0.5) is 0 Å². The number of hydrogen-bond acceptors (Lipinski definition) is 1. The molecule has 46 valence electrons. The molecule has 0 amide bonds. The van der Waals surface area contributed by atoms with Crippen molar-refractivity contribution >= 4 is 0 Å². The van der Waals surface area contributed by atoms with Gasteiger partial charge >= 0.3 is 0 Å². The van der Waals surface area contributed by atoms with Crippen molar-refractivity contribution in [1.29, 1.82) is 0 Å². The molecule has 0 aliphatic heterocycles. The largest absolute Gasteiger partial charge is 0.338 e. The zero-order valence-electron chi connectivity index (χ0n) is 5.26. The first-order valence-electron chi connectivity index (χ1n) is 2.79. The fraction of sp³-hybridized carbons (Fsp3) is 0.500. The minimum Gasteiger partial charge on any atom is -0.338 e. The van der Waals surface area contributed by atoms with E-state index in [-0.39, 0.29) is 1.43 Å². The van der Waals surface area contributed by atoms with Crippen LogP contribution in [-0.2, 0) is 13.5 Å². The van der Waals surface area contributed by atoms with E-state index in [1.807, 2.05) is 24.1 Å². The quantitative estimate of drug-likeness (QED) is 0.534. The first-order chi connectivity index (χ1) is 3.84. The summed E-state index contributed by atoms with van der Waals surface area (Å²) in [5, 5.41) is 0. The minimum absolute atomic E-state index is 0. The van der Waals surface area contributed by atoms with Gasteiger partial charge in [-0.05, 0) is 6.42 Å². The van der Waals surface area contributed by atoms with Crippen LogP contribution in [-0.4, -0.2) is 9.55 Å². The van der Waals surface area contributed by atoms with Crippen molar-refractivity contribution < 1.29 is 1.43 Å². The Hall–Kier alpha value is -0.790. The second-order valence-corrected chi connectivity index (χ2v) is 1.85. The maximum absolute atomic E-state index is 3.96. The third kappa shape index (κ3) is 0.735. The molecule has 0 fully saturated rings. The van der Waals surface area contributed by atoms with Crippen LogP contribution in [0.2, 0.25) is 0 Å². The monoisotopic (exact) mass is 112 g/mol. The third-order valence-corrected chi connectivity index (χ3v) is 1.28. The van der Waals surface area contributed by atoms with Gasteiger partial charge in [0.2, 0.25) is 0 Å². The zero-order chi connectivity index (χ0) is 5.98. The lowest BCUT2D eigenvalue weighted by Gasteiger charge is -1.93. The Morgan fingerprint density at radius 3 is 2.88 bits per heavy atom. The van der Waals surface area contributed by atoms with Crippen LogP contribution in [0.1, 0.15) is 14.0 Å². The predicted octanol–water partition coefficient (Wildman–Crippen LogP) is 1.23. The second kappa shape index (κ2) is 1.99. The van der Waals surface area contributed by atoms with E-state index in [9.17, 15) is 0 Å². The van der Waals surface area contributed by atoms with E-state index in [0.717, 1.165) is 6.42 Å². The number of nitrogens with zero attached hydrogens (tertiary/aromatic N) is 2. The summed E-state index contributed by atoms with van der Waals surface area (Å²) in [6.45, 7) is 2.12. The lowest BCUT2D eigenvalue weighted by atomic mass is 10.4. The van der Waals surface area contributed by atoms with Gasteiger partial charge in [-0.3, -0.25) is 0 Å². The Morgan fingerprint density at radius 2 is 2.62 bits per heavy atom. The lowest BCUT2D eigenvalue weighted by Crippen LogP contribution is -1.90. The van der Waals surface area contributed by atoms with Crippen molar-refractivity contribution in [3.05, 3.63) is 18.2 Å². The average Bonchev–Trinajstić information content (AvgIpc) is 2.14. The Morgan fingerprint density at radius 1 is 1.88 bits per heavy atom. The van der Waals surface area contributed by atoms with Crippen LogP contribution in [0.5, 0.6) is 0 Å². The Kier molecular flexibility index (Phi) is 1.33. The summed E-state index contributed by atoms with van der Waals surface area (Å²) in [6, 6.07) is 0. The number of hydrogen-bond donors (Lipinski definition) is 0. The van der Waals surface area contributed by atoms with Crippen molar-refractivity contribution in [2.75, 3.05) is 0 Å². The summed E-state index contributed by atoms with van der Waals surface area (Å²) in [5.41, 5.74) is 1.28. The van der Waals surface area contributed by atoms with E-state index >= 15 is 0 Å². The molecule has 8 heavy (non-hydrogen) atoms. The Bertz CT molecular complexity index is 171. The molecule has 0 unspecified atom stereocenters. The van der Waals surface area contributed by atoms with Gasteiger partial charge in [-0.25, -0.2) is 4.98 Å². The van der Waals surface area contributed by atoms with E-state index in [2.05, 4.69) is 11.9 Å². The third-order valence-electron chi connectivity index (χ3n) is 1.28. The van der Waals surface area contributed by atoms with E-state index in [4.69, 9.17) is 0 Å². The first-order valence-corrected chi connectivity index (χ1v) is 2.79. The zero-order valence-corrected chi connectivity index (χ0v) is 5.26. The van der Waals surface area contributed by atoms with Crippen LogP contribution in [0.15, 0.2) is 12.5 Å². The highest BCUT2D eigenvalue weighted by Crippen LogP contribution is 1.94. The first kappa shape index (κ1) is 5.35. The highest BCUT2D eigenvalue weighted by atomic mass is 15.0. The smallest absolute Gasteiger partial charge is 0.0945 e. The number of aromatic nitrogens is 2. The fourth-order valence-corrected chi connectivity index (χ4v) is 0.725. The maximum Gasteiger partial charge on any atom is 0.0945 e. The summed E-state index contributed by atoms with van der Waals surface area (Å²) < 4.78 is 2.03. The Balaban J connectivity index is 0.000000640. The van der Waals surface area contributed by atoms with Gasteiger partial charge in [0.15, 0.2) is 0 Å². The Labute approximate surface area is 50.6 Å². The molecule has 0 atom stereocenters. The highest BCUT2D eigenvalue weighted by Gasteiger charge is 1.89. The van der Waals surface area contributed by atoms with Gasteiger partial charge in [0.25, 0.3) is 0 Å². The molecule has 1 aromatic rings. The molecule has 0 spiro atoms. The molecule has 0 saturated heterocycles. The SMILES string of the molecule is CCc1cncn1C.[HH]. The minimum atomic E-state index is 0. The summed E-state index contributed by atoms with van der Waals surface area (Å²) in [6.07, 6.45) is 4.77. The molecule has 2 heteroatoms. The highest BCUT2D eigenvalue weighted by molar-refractivity contribution is 4.95. The number of imidazole rings is 1. The molecular formula is C6H12N2.